The lowest BCUT2D eigenvalue weighted by Gasteiger charge is -2.10. The summed E-state index contributed by atoms with van der Waals surface area (Å²) < 4.78 is 10.3. The summed E-state index contributed by atoms with van der Waals surface area (Å²) in [6.07, 6.45) is 0.957. The van der Waals surface area contributed by atoms with Crippen LogP contribution in [0.15, 0.2) is 24.3 Å². The molecule has 2 rings (SSSR count). The number of anilines is 1. The molecule has 98 valence electrons. The summed E-state index contributed by atoms with van der Waals surface area (Å²) in [4.78, 5) is 11.5. The van der Waals surface area contributed by atoms with Crippen molar-refractivity contribution in [3.8, 4) is 5.75 Å². The number of nitrogens with one attached hydrogen (secondary N) is 1. The summed E-state index contributed by atoms with van der Waals surface area (Å²) in [7, 11) is 0. The van der Waals surface area contributed by atoms with Gasteiger partial charge in [-0.05, 0) is 30.7 Å². The Morgan fingerprint density at radius 3 is 2.89 bits per heavy atom. The summed E-state index contributed by atoms with van der Waals surface area (Å²) in [6.45, 7) is 1.99. The van der Waals surface area contributed by atoms with Crippen molar-refractivity contribution in [1.82, 2.24) is 0 Å². The van der Waals surface area contributed by atoms with Crippen LogP contribution in [0.2, 0.25) is 0 Å². The van der Waals surface area contributed by atoms with Crippen molar-refractivity contribution in [2.24, 2.45) is 5.92 Å². The monoisotopic (exact) mass is 251 g/mol. The van der Waals surface area contributed by atoms with Crippen LogP contribution in [-0.4, -0.2) is 37.4 Å². The van der Waals surface area contributed by atoms with E-state index in [1.807, 2.05) is 0 Å². The van der Waals surface area contributed by atoms with E-state index >= 15 is 0 Å². The highest BCUT2D eigenvalue weighted by molar-refractivity contribution is 5.75. The molecule has 1 heterocycles. The van der Waals surface area contributed by atoms with Gasteiger partial charge >= 0.3 is 5.97 Å². The van der Waals surface area contributed by atoms with Gasteiger partial charge in [-0.2, -0.15) is 0 Å². The Hall–Kier alpha value is -1.75. The van der Waals surface area contributed by atoms with Crippen molar-refractivity contribution in [3.63, 3.8) is 0 Å². The maximum Gasteiger partial charge on any atom is 0.325 e. The lowest BCUT2D eigenvalue weighted by Crippen LogP contribution is -2.20. The number of hydrogen-bond acceptors (Lipinski definition) is 5. The molecule has 1 atom stereocenters. The summed E-state index contributed by atoms with van der Waals surface area (Å²) >= 11 is 0. The molecular weight excluding hydrogens is 234 g/mol. The fourth-order valence-electron chi connectivity index (χ4n) is 1.73. The molecule has 0 spiro atoms. The Morgan fingerprint density at radius 1 is 1.44 bits per heavy atom. The van der Waals surface area contributed by atoms with Gasteiger partial charge in [-0.25, -0.2) is 0 Å². The third kappa shape index (κ3) is 3.92. The second kappa shape index (κ2) is 6.26. The zero-order chi connectivity index (χ0) is 12.8. The van der Waals surface area contributed by atoms with Crippen LogP contribution in [0.25, 0.3) is 0 Å². The van der Waals surface area contributed by atoms with Crippen LogP contribution >= 0.6 is 0 Å². The van der Waals surface area contributed by atoms with Crippen LogP contribution in [0.4, 0.5) is 5.69 Å². The fraction of sp³-hybridized carbons (Fsp3) is 0.462. The molecule has 1 aliphatic rings. The van der Waals surface area contributed by atoms with Crippen molar-refractivity contribution >= 4 is 11.7 Å². The molecule has 18 heavy (non-hydrogen) atoms. The Balaban J connectivity index is 1.66. The van der Waals surface area contributed by atoms with Crippen molar-refractivity contribution < 1.29 is 19.4 Å². The van der Waals surface area contributed by atoms with Crippen molar-refractivity contribution in [2.75, 3.05) is 31.7 Å². The Bertz CT molecular complexity index is 384. The highest BCUT2D eigenvalue weighted by Gasteiger charge is 2.17. The topological polar surface area (TPSA) is 67.8 Å². The molecule has 1 fully saturated rings. The van der Waals surface area contributed by atoms with E-state index in [2.05, 4.69) is 5.32 Å². The van der Waals surface area contributed by atoms with Crippen molar-refractivity contribution in [3.05, 3.63) is 24.3 Å². The van der Waals surface area contributed by atoms with Crippen LogP contribution in [0, 0.1) is 5.92 Å². The van der Waals surface area contributed by atoms with Crippen LogP contribution in [-0.2, 0) is 14.3 Å². The minimum absolute atomic E-state index is 0.123. The SMILES string of the molecule is O=C(CNc1ccc(O)cc1)OCC1CCOC1. The van der Waals surface area contributed by atoms with Gasteiger partial charge in [0.2, 0.25) is 0 Å². The average molecular weight is 251 g/mol. The Kier molecular flexibility index (Phi) is 4.41. The molecule has 0 amide bonds. The standard InChI is InChI=1S/C13H17NO4/c15-12-3-1-11(2-4-12)14-7-13(16)18-9-10-5-6-17-8-10/h1-4,10,14-15H,5-9H2. The molecule has 1 unspecified atom stereocenters. The maximum absolute atomic E-state index is 11.5. The van der Waals surface area contributed by atoms with Gasteiger partial charge in [-0.1, -0.05) is 0 Å². The molecule has 0 aliphatic carbocycles. The van der Waals surface area contributed by atoms with Crippen LogP contribution in [0.1, 0.15) is 6.42 Å². The van der Waals surface area contributed by atoms with Gasteiger partial charge in [-0.15, -0.1) is 0 Å². The third-order valence-electron chi connectivity index (χ3n) is 2.81. The highest BCUT2D eigenvalue weighted by atomic mass is 16.5. The van der Waals surface area contributed by atoms with Crippen LogP contribution in [0.5, 0.6) is 5.75 Å². The van der Waals surface area contributed by atoms with Gasteiger partial charge < -0.3 is 19.9 Å². The van der Waals surface area contributed by atoms with E-state index in [-0.39, 0.29) is 18.3 Å². The van der Waals surface area contributed by atoms with Crippen molar-refractivity contribution in [1.29, 1.82) is 0 Å². The Morgan fingerprint density at radius 2 is 2.22 bits per heavy atom. The molecule has 2 N–H and O–H groups in total. The van der Waals surface area contributed by atoms with Crippen LogP contribution in [0.3, 0.4) is 0 Å². The van der Waals surface area contributed by atoms with E-state index in [9.17, 15) is 4.79 Å². The minimum Gasteiger partial charge on any atom is -0.508 e. The predicted octanol–water partition coefficient (Wildman–Crippen LogP) is 1.38. The molecule has 5 heteroatoms. The average Bonchev–Trinajstić information content (AvgIpc) is 2.89. The maximum atomic E-state index is 11.5. The number of benzene rings is 1. The van der Waals surface area contributed by atoms with E-state index < -0.39 is 0 Å². The largest absolute Gasteiger partial charge is 0.508 e. The number of phenolic OH excluding ortho intramolecular Hbond substituents is 1. The van der Waals surface area contributed by atoms with E-state index in [1.54, 1.807) is 24.3 Å². The molecule has 5 nitrogen and oxygen atoms in total. The first-order valence-electron chi connectivity index (χ1n) is 6.00. The van der Waals surface area contributed by atoms with Crippen molar-refractivity contribution in [2.45, 2.75) is 6.42 Å². The summed E-state index contributed by atoms with van der Waals surface area (Å²) in [5.41, 5.74) is 0.772. The number of hydrogen-bond donors (Lipinski definition) is 2. The van der Waals surface area contributed by atoms with Gasteiger partial charge in [0.05, 0.1) is 13.2 Å². The number of phenols is 1. The molecule has 1 aromatic rings. The summed E-state index contributed by atoms with van der Waals surface area (Å²) in [5, 5.41) is 12.0. The number of aromatic hydroxyl groups is 1. The molecule has 0 bridgehead atoms. The minimum atomic E-state index is -0.282. The van der Waals surface area contributed by atoms with Gasteiger partial charge in [0.1, 0.15) is 12.3 Å². The molecule has 0 radical (unpaired) electrons. The van der Waals surface area contributed by atoms with E-state index in [1.165, 1.54) is 0 Å². The van der Waals surface area contributed by atoms with E-state index in [0.29, 0.717) is 19.1 Å². The Labute approximate surface area is 106 Å². The number of carbonyl (C=O) groups excluding carboxylic acids is 1. The highest BCUT2D eigenvalue weighted by Crippen LogP contribution is 2.14. The zero-order valence-corrected chi connectivity index (χ0v) is 10.1. The first kappa shape index (κ1) is 12.7. The normalized spacial score (nSPS) is 18.6. The third-order valence-corrected chi connectivity index (χ3v) is 2.81. The first-order chi connectivity index (χ1) is 8.74. The smallest absolute Gasteiger partial charge is 0.325 e. The predicted molar refractivity (Wildman–Crippen MR) is 66.5 cm³/mol. The lowest BCUT2D eigenvalue weighted by atomic mass is 10.1. The van der Waals surface area contributed by atoms with E-state index in [0.717, 1.165) is 18.7 Å². The zero-order valence-electron chi connectivity index (χ0n) is 10.1. The quantitative estimate of drug-likeness (QED) is 0.611. The number of rotatable bonds is 5. The second-order valence-corrected chi connectivity index (χ2v) is 4.31. The van der Waals surface area contributed by atoms with Gasteiger partial charge in [0, 0.05) is 18.2 Å². The van der Waals surface area contributed by atoms with Gasteiger partial charge in [0.15, 0.2) is 0 Å². The number of esters is 1. The number of ether oxygens (including phenoxy) is 2. The summed E-state index contributed by atoms with van der Waals surface area (Å²) in [5.74, 6) is 0.252. The van der Waals surface area contributed by atoms with E-state index in [4.69, 9.17) is 14.6 Å². The molecule has 1 aliphatic heterocycles. The molecular formula is C13H17NO4. The molecule has 1 saturated heterocycles. The van der Waals surface area contributed by atoms with Gasteiger partial charge in [-0.3, -0.25) is 4.79 Å². The van der Waals surface area contributed by atoms with Crippen LogP contribution < -0.4 is 5.32 Å². The first-order valence-corrected chi connectivity index (χ1v) is 6.00. The number of carbonyl (C=O) groups is 1. The lowest BCUT2D eigenvalue weighted by molar-refractivity contribution is -0.142. The molecule has 0 saturated carbocycles. The molecule has 1 aromatic carbocycles. The fourth-order valence-corrected chi connectivity index (χ4v) is 1.73. The van der Waals surface area contributed by atoms with Gasteiger partial charge in [0.25, 0.3) is 0 Å². The summed E-state index contributed by atoms with van der Waals surface area (Å²) in [6, 6.07) is 6.52. The molecule has 0 aromatic heterocycles. The second-order valence-electron chi connectivity index (χ2n) is 4.31.